The largest absolute Gasteiger partial charge is 0.313 e. The zero-order valence-corrected chi connectivity index (χ0v) is 17.5. The molecule has 7 nitrogen and oxygen atoms in total. The van der Waals surface area contributed by atoms with Crippen molar-refractivity contribution >= 4 is 22.3 Å². The fraction of sp³-hybridized carbons (Fsp3) is 0.316. The summed E-state index contributed by atoms with van der Waals surface area (Å²) in [5.41, 5.74) is 4.47. The van der Waals surface area contributed by atoms with Crippen molar-refractivity contribution in [1.82, 2.24) is 30.4 Å². The molecular weight excluding hydrogens is 396 g/mol. The lowest BCUT2D eigenvalue weighted by molar-refractivity contribution is 0.205. The molecule has 3 rings (SSSR count). The maximum Gasteiger partial charge on any atom is 0.211 e. The van der Waals surface area contributed by atoms with Gasteiger partial charge < -0.3 is 10.3 Å². The molecule has 0 radical (unpaired) electrons. The zero-order valence-electron chi connectivity index (χ0n) is 16.6. The molecular formula is C19H23F2N7S. The van der Waals surface area contributed by atoms with Gasteiger partial charge in [-0.25, -0.2) is 14.2 Å². The number of benzene rings is 1. The Morgan fingerprint density at radius 2 is 2.10 bits per heavy atom. The molecule has 2 N–H and O–H groups in total. The lowest BCUT2D eigenvalue weighted by Crippen LogP contribution is -2.35. The van der Waals surface area contributed by atoms with Crippen molar-refractivity contribution in [3.63, 3.8) is 0 Å². The van der Waals surface area contributed by atoms with Crippen LogP contribution < -0.4 is 10.7 Å². The average molecular weight is 420 g/mol. The Kier molecular flexibility index (Phi) is 6.55. The van der Waals surface area contributed by atoms with Crippen molar-refractivity contribution in [3.8, 4) is 0 Å². The van der Waals surface area contributed by atoms with Crippen LogP contribution in [0.15, 0.2) is 42.2 Å². The molecule has 10 heteroatoms. The van der Waals surface area contributed by atoms with Crippen LogP contribution in [-0.4, -0.2) is 32.0 Å². The normalized spacial score (nSPS) is 12.8. The molecule has 0 spiro atoms. The Balaban J connectivity index is 1.68. The second-order valence-corrected chi connectivity index (χ2v) is 7.39. The molecule has 1 atom stereocenters. The smallest absolute Gasteiger partial charge is 0.211 e. The lowest BCUT2D eigenvalue weighted by atomic mass is 10.2. The minimum Gasteiger partial charge on any atom is -0.313 e. The highest BCUT2D eigenvalue weighted by atomic mass is 32.1. The van der Waals surface area contributed by atoms with Crippen molar-refractivity contribution in [2.75, 3.05) is 12.4 Å². The number of nitrogens with one attached hydrogen (secondary N) is 2. The summed E-state index contributed by atoms with van der Waals surface area (Å²) >= 11 is 1.42. The fourth-order valence-electron chi connectivity index (χ4n) is 2.85. The summed E-state index contributed by atoms with van der Waals surface area (Å²) < 4.78 is 28.7. The van der Waals surface area contributed by atoms with Crippen molar-refractivity contribution in [2.45, 2.75) is 33.4 Å². The van der Waals surface area contributed by atoms with E-state index in [2.05, 4.69) is 26.0 Å². The lowest BCUT2D eigenvalue weighted by Gasteiger charge is -2.29. The molecule has 3 aromatic rings. The van der Waals surface area contributed by atoms with E-state index in [1.54, 1.807) is 12.3 Å². The van der Waals surface area contributed by atoms with Gasteiger partial charge in [0, 0.05) is 30.6 Å². The van der Waals surface area contributed by atoms with Crippen molar-refractivity contribution in [3.05, 3.63) is 64.4 Å². The summed E-state index contributed by atoms with van der Waals surface area (Å²) in [6.07, 6.45) is 3.71. The Morgan fingerprint density at radius 1 is 1.31 bits per heavy atom. The van der Waals surface area contributed by atoms with Gasteiger partial charge in [0.1, 0.15) is 5.01 Å². The van der Waals surface area contributed by atoms with Gasteiger partial charge in [-0.3, -0.25) is 4.68 Å². The van der Waals surface area contributed by atoms with E-state index in [-0.39, 0.29) is 18.2 Å². The second-order valence-electron chi connectivity index (χ2n) is 6.38. The molecule has 0 fully saturated rings. The van der Waals surface area contributed by atoms with Gasteiger partial charge in [0.05, 0.1) is 12.6 Å². The molecule has 0 aliphatic rings. The predicted octanol–water partition coefficient (Wildman–Crippen LogP) is 4.23. The van der Waals surface area contributed by atoms with E-state index in [9.17, 15) is 8.78 Å². The third-order valence-corrected chi connectivity index (χ3v) is 5.47. The highest BCUT2D eigenvalue weighted by Gasteiger charge is 2.19. The average Bonchev–Trinajstić information content (AvgIpc) is 3.35. The molecule has 1 unspecified atom stereocenters. The van der Waals surface area contributed by atoms with Gasteiger partial charge >= 0.3 is 0 Å². The summed E-state index contributed by atoms with van der Waals surface area (Å²) in [5.74, 6) is -1.18. The molecule has 0 aliphatic heterocycles. The number of nitrogens with zero attached hydrogens (tertiary/aromatic N) is 5. The number of hydrazine groups is 1. The van der Waals surface area contributed by atoms with Gasteiger partial charge in [-0.15, -0.1) is 10.2 Å². The van der Waals surface area contributed by atoms with E-state index in [4.69, 9.17) is 0 Å². The quantitative estimate of drug-likeness (QED) is 0.533. The van der Waals surface area contributed by atoms with E-state index >= 15 is 0 Å². The Labute approximate surface area is 172 Å². The first kappa shape index (κ1) is 20.9. The molecule has 154 valence electrons. The monoisotopic (exact) mass is 419 g/mol. The maximum absolute atomic E-state index is 13.8. The standard InChI is InChI=1S/C19H23F2N7S/c1-5-12(2)28(22-4)13(3)18-24-25-19(29-18)23-16-9-10-27(26-16)11-14-7-6-8-15(20)17(14)21/h5-10,13,22H,11H2,1-4H3,(H,23,25,26)/b12-5-. The van der Waals surface area contributed by atoms with E-state index in [0.717, 1.165) is 16.8 Å². The van der Waals surface area contributed by atoms with Gasteiger partial charge in [0.15, 0.2) is 17.5 Å². The highest BCUT2D eigenvalue weighted by molar-refractivity contribution is 7.15. The van der Waals surface area contributed by atoms with Crippen molar-refractivity contribution in [1.29, 1.82) is 0 Å². The summed E-state index contributed by atoms with van der Waals surface area (Å²) in [4.78, 5) is 0. The third-order valence-electron chi connectivity index (χ3n) is 4.46. The van der Waals surface area contributed by atoms with Gasteiger partial charge in [-0.2, -0.15) is 5.10 Å². The number of allylic oxidation sites excluding steroid dienone is 2. The minimum atomic E-state index is -0.868. The number of rotatable bonds is 8. The molecule has 2 aromatic heterocycles. The van der Waals surface area contributed by atoms with Gasteiger partial charge in [-0.1, -0.05) is 29.5 Å². The van der Waals surface area contributed by atoms with E-state index in [0.29, 0.717) is 10.9 Å². The number of hydrogen-bond acceptors (Lipinski definition) is 7. The van der Waals surface area contributed by atoms with Gasteiger partial charge in [0.2, 0.25) is 5.13 Å². The maximum atomic E-state index is 13.8. The summed E-state index contributed by atoms with van der Waals surface area (Å²) in [5, 5.41) is 19.3. The molecule has 1 aromatic carbocycles. The minimum absolute atomic E-state index is 0.00207. The van der Waals surface area contributed by atoms with Crippen LogP contribution in [0.5, 0.6) is 0 Å². The SMILES string of the molecule is C/C=C(/C)N(NC)C(C)c1nnc(Nc2ccn(Cc3cccc(F)c3F)n2)s1. The van der Waals surface area contributed by atoms with Gasteiger partial charge in [-0.05, 0) is 26.8 Å². The first-order valence-corrected chi connectivity index (χ1v) is 9.90. The van der Waals surface area contributed by atoms with E-state index in [1.165, 1.54) is 28.2 Å². The number of halogens is 2. The van der Waals surface area contributed by atoms with Crippen LogP contribution in [0.1, 0.15) is 37.4 Å². The number of hydrogen-bond donors (Lipinski definition) is 2. The van der Waals surface area contributed by atoms with Crippen LogP contribution in [-0.2, 0) is 6.54 Å². The van der Waals surface area contributed by atoms with Crippen LogP contribution in [0.2, 0.25) is 0 Å². The topological polar surface area (TPSA) is 70.9 Å². The summed E-state index contributed by atoms with van der Waals surface area (Å²) in [6, 6.07) is 5.84. The van der Waals surface area contributed by atoms with Crippen LogP contribution in [0, 0.1) is 11.6 Å². The van der Waals surface area contributed by atoms with Crippen LogP contribution in [0.3, 0.4) is 0 Å². The Morgan fingerprint density at radius 3 is 2.83 bits per heavy atom. The molecule has 2 heterocycles. The van der Waals surface area contributed by atoms with Crippen LogP contribution in [0.4, 0.5) is 19.7 Å². The highest BCUT2D eigenvalue weighted by Crippen LogP contribution is 2.28. The molecule has 0 aliphatic carbocycles. The molecule has 0 bridgehead atoms. The van der Waals surface area contributed by atoms with Crippen LogP contribution >= 0.6 is 11.3 Å². The third kappa shape index (κ3) is 4.77. The summed E-state index contributed by atoms with van der Waals surface area (Å²) in [7, 11) is 1.86. The van der Waals surface area contributed by atoms with Gasteiger partial charge in [0.25, 0.3) is 0 Å². The van der Waals surface area contributed by atoms with E-state index < -0.39 is 11.6 Å². The molecule has 0 saturated heterocycles. The first-order chi connectivity index (χ1) is 13.9. The number of aromatic nitrogens is 4. The zero-order chi connectivity index (χ0) is 21.0. The molecule has 0 amide bonds. The summed E-state index contributed by atoms with van der Waals surface area (Å²) in [6.45, 7) is 6.16. The number of anilines is 2. The van der Waals surface area contributed by atoms with Crippen molar-refractivity contribution in [2.24, 2.45) is 0 Å². The Bertz CT molecular complexity index is 998. The second kappa shape index (κ2) is 9.10. The predicted molar refractivity (Wildman–Crippen MR) is 110 cm³/mol. The van der Waals surface area contributed by atoms with Crippen molar-refractivity contribution < 1.29 is 8.78 Å². The molecule has 29 heavy (non-hydrogen) atoms. The van der Waals surface area contributed by atoms with Crippen LogP contribution in [0.25, 0.3) is 0 Å². The fourth-order valence-corrected chi connectivity index (χ4v) is 3.64. The Hall–Kier alpha value is -2.85. The molecule has 0 saturated carbocycles. The first-order valence-electron chi connectivity index (χ1n) is 9.09. The van der Waals surface area contributed by atoms with E-state index in [1.807, 2.05) is 38.9 Å².